The van der Waals surface area contributed by atoms with Gasteiger partial charge >= 0.3 is 0 Å². The summed E-state index contributed by atoms with van der Waals surface area (Å²) >= 11 is 1.69. The molecule has 130 valence electrons. The molecule has 8 heteroatoms. The van der Waals surface area contributed by atoms with Gasteiger partial charge < -0.3 is 9.88 Å². The van der Waals surface area contributed by atoms with Gasteiger partial charge in [-0.25, -0.2) is 4.98 Å². The summed E-state index contributed by atoms with van der Waals surface area (Å²) in [7, 11) is 0. The van der Waals surface area contributed by atoms with Crippen molar-refractivity contribution >= 4 is 29.0 Å². The molecule has 26 heavy (non-hydrogen) atoms. The first-order valence-corrected chi connectivity index (χ1v) is 8.96. The average molecular weight is 366 g/mol. The largest absolute Gasteiger partial charge is 0.325 e. The number of amides is 1. The van der Waals surface area contributed by atoms with E-state index in [9.17, 15) is 14.9 Å². The molecule has 0 aliphatic carbocycles. The molecule has 0 fully saturated rings. The predicted molar refractivity (Wildman–Crippen MR) is 99.4 cm³/mol. The molecule has 1 aliphatic heterocycles. The number of aryl methyl sites for hydroxylation is 1. The summed E-state index contributed by atoms with van der Waals surface area (Å²) in [5.74, 6) is 0.490. The van der Waals surface area contributed by atoms with Crippen molar-refractivity contribution in [3.05, 3.63) is 70.4 Å². The number of carbonyl (C=O) groups excluding carboxylic acids is 1. The second kappa shape index (κ2) is 6.64. The van der Waals surface area contributed by atoms with Crippen molar-refractivity contribution < 1.29 is 9.72 Å². The number of benzene rings is 2. The van der Waals surface area contributed by atoms with Gasteiger partial charge in [0.1, 0.15) is 5.56 Å². The minimum absolute atomic E-state index is 0.0233. The number of hydrogen-bond donors (Lipinski definition) is 1. The smallest absolute Gasteiger partial charge is 0.282 e. The van der Waals surface area contributed by atoms with Crippen LogP contribution in [0.15, 0.2) is 59.9 Å². The maximum atomic E-state index is 12.6. The Balaban J connectivity index is 1.67. The standard InChI is InChI=1S/C18H14N4O3S/c23-17(13-6-2-4-8-16(13)22(24)25)19-14-7-3-1-5-12(14)15-11-21-9-10-26-18(21)20-15/h1-8,11H,9-10H2,(H,19,23). The number of rotatable bonds is 4. The maximum Gasteiger partial charge on any atom is 0.282 e. The molecular formula is C18H14N4O3S. The van der Waals surface area contributed by atoms with Crippen molar-refractivity contribution in [2.75, 3.05) is 11.1 Å². The van der Waals surface area contributed by atoms with Crippen LogP contribution in [0.3, 0.4) is 0 Å². The van der Waals surface area contributed by atoms with Crippen LogP contribution in [0.5, 0.6) is 0 Å². The monoisotopic (exact) mass is 366 g/mol. The van der Waals surface area contributed by atoms with Crippen molar-refractivity contribution in [3.63, 3.8) is 0 Å². The summed E-state index contributed by atoms with van der Waals surface area (Å²) < 4.78 is 2.08. The molecule has 2 aromatic carbocycles. The van der Waals surface area contributed by atoms with Crippen molar-refractivity contribution in [1.82, 2.24) is 9.55 Å². The molecule has 1 N–H and O–H groups in total. The molecule has 1 amide bonds. The van der Waals surface area contributed by atoms with E-state index in [-0.39, 0.29) is 11.3 Å². The Bertz CT molecular complexity index is 994. The van der Waals surface area contributed by atoms with Crippen LogP contribution in [0.4, 0.5) is 11.4 Å². The number of nitrogens with zero attached hydrogens (tertiary/aromatic N) is 3. The van der Waals surface area contributed by atoms with Crippen LogP contribution in [0.1, 0.15) is 10.4 Å². The number of nitro benzene ring substituents is 1. The van der Waals surface area contributed by atoms with E-state index >= 15 is 0 Å². The molecular weight excluding hydrogens is 352 g/mol. The average Bonchev–Trinajstić information content (AvgIpc) is 3.24. The van der Waals surface area contributed by atoms with E-state index in [0.29, 0.717) is 5.69 Å². The van der Waals surface area contributed by atoms with Crippen LogP contribution in [0.25, 0.3) is 11.3 Å². The number of imidazole rings is 1. The second-order valence-electron chi connectivity index (χ2n) is 5.72. The molecule has 1 aromatic heterocycles. The van der Waals surface area contributed by atoms with Crippen LogP contribution in [0.2, 0.25) is 0 Å². The van der Waals surface area contributed by atoms with Gasteiger partial charge in [0.2, 0.25) is 0 Å². The van der Waals surface area contributed by atoms with E-state index < -0.39 is 10.8 Å². The Hall–Kier alpha value is -3.13. The highest BCUT2D eigenvalue weighted by Crippen LogP contribution is 2.33. The lowest BCUT2D eigenvalue weighted by Crippen LogP contribution is -2.14. The number of nitrogens with one attached hydrogen (secondary N) is 1. The summed E-state index contributed by atoms with van der Waals surface area (Å²) in [4.78, 5) is 27.8. The van der Waals surface area contributed by atoms with Crippen molar-refractivity contribution in [2.24, 2.45) is 0 Å². The van der Waals surface area contributed by atoms with Crippen molar-refractivity contribution in [3.8, 4) is 11.3 Å². The third-order valence-electron chi connectivity index (χ3n) is 4.10. The zero-order chi connectivity index (χ0) is 18.1. The second-order valence-corrected chi connectivity index (χ2v) is 6.79. The van der Waals surface area contributed by atoms with Crippen molar-refractivity contribution in [1.29, 1.82) is 0 Å². The van der Waals surface area contributed by atoms with E-state index in [4.69, 9.17) is 0 Å². The third-order valence-corrected chi connectivity index (χ3v) is 5.07. The van der Waals surface area contributed by atoms with Gasteiger partial charge in [0.25, 0.3) is 11.6 Å². The number of fused-ring (bicyclic) bond motifs is 1. The van der Waals surface area contributed by atoms with Gasteiger partial charge in [-0.3, -0.25) is 14.9 Å². The molecule has 0 radical (unpaired) electrons. The molecule has 2 heterocycles. The number of carbonyl (C=O) groups is 1. The number of thioether (sulfide) groups is 1. The van der Waals surface area contributed by atoms with E-state index in [0.717, 1.165) is 28.7 Å². The van der Waals surface area contributed by atoms with E-state index in [1.807, 2.05) is 18.3 Å². The molecule has 0 bridgehead atoms. The molecule has 0 spiro atoms. The molecule has 7 nitrogen and oxygen atoms in total. The Morgan fingerprint density at radius 2 is 1.96 bits per heavy atom. The van der Waals surface area contributed by atoms with E-state index in [2.05, 4.69) is 14.9 Å². The van der Waals surface area contributed by atoms with Gasteiger partial charge in [-0.1, -0.05) is 42.1 Å². The fourth-order valence-electron chi connectivity index (χ4n) is 2.87. The summed E-state index contributed by atoms with van der Waals surface area (Å²) in [6.07, 6.45) is 1.96. The summed E-state index contributed by atoms with van der Waals surface area (Å²) in [5, 5.41) is 14.9. The molecule has 0 saturated heterocycles. The lowest BCUT2D eigenvalue weighted by atomic mass is 10.1. The molecule has 1 aliphatic rings. The van der Waals surface area contributed by atoms with Crippen LogP contribution < -0.4 is 5.32 Å². The minimum Gasteiger partial charge on any atom is -0.325 e. The predicted octanol–water partition coefficient (Wildman–Crippen LogP) is 3.82. The first-order valence-electron chi connectivity index (χ1n) is 7.97. The normalized spacial score (nSPS) is 12.6. The lowest BCUT2D eigenvalue weighted by molar-refractivity contribution is -0.385. The topological polar surface area (TPSA) is 90.1 Å². The lowest BCUT2D eigenvalue weighted by Gasteiger charge is -2.10. The number of nitro groups is 1. The van der Waals surface area contributed by atoms with Crippen LogP contribution in [0, 0.1) is 10.1 Å². The Labute approximate surface area is 153 Å². The van der Waals surface area contributed by atoms with Crippen LogP contribution in [-0.2, 0) is 6.54 Å². The summed E-state index contributed by atoms with van der Waals surface area (Å²) in [6.45, 7) is 0.914. The molecule has 3 aromatic rings. The third kappa shape index (κ3) is 2.95. The highest BCUT2D eigenvalue weighted by Gasteiger charge is 2.21. The maximum absolute atomic E-state index is 12.6. The highest BCUT2D eigenvalue weighted by molar-refractivity contribution is 7.99. The van der Waals surface area contributed by atoms with Gasteiger partial charge in [-0.15, -0.1) is 0 Å². The summed E-state index contributed by atoms with van der Waals surface area (Å²) in [6, 6.07) is 13.2. The molecule has 0 saturated carbocycles. The Kier molecular flexibility index (Phi) is 4.18. The molecule has 0 unspecified atom stereocenters. The zero-order valence-corrected chi connectivity index (χ0v) is 14.4. The minimum atomic E-state index is -0.558. The van der Waals surface area contributed by atoms with Gasteiger partial charge in [-0.05, 0) is 12.1 Å². The first kappa shape index (κ1) is 16.3. The number of anilines is 1. The fourth-order valence-corrected chi connectivity index (χ4v) is 3.81. The quantitative estimate of drug-likeness (QED) is 0.560. The van der Waals surface area contributed by atoms with Gasteiger partial charge in [0.05, 0.1) is 16.3 Å². The first-order chi connectivity index (χ1) is 12.6. The highest BCUT2D eigenvalue weighted by atomic mass is 32.2. The Morgan fingerprint density at radius 3 is 2.77 bits per heavy atom. The summed E-state index contributed by atoms with van der Waals surface area (Å²) in [5.41, 5.74) is 1.92. The Morgan fingerprint density at radius 1 is 1.19 bits per heavy atom. The number of aromatic nitrogens is 2. The SMILES string of the molecule is O=C(Nc1ccccc1-c1cn2c(n1)SCC2)c1ccccc1[N+](=O)[O-]. The van der Waals surface area contributed by atoms with E-state index in [1.54, 1.807) is 30.0 Å². The van der Waals surface area contributed by atoms with Crippen molar-refractivity contribution in [2.45, 2.75) is 11.7 Å². The van der Waals surface area contributed by atoms with E-state index in [1.165, 1.54) is 18.2 Å². The van der Waals surface area contributed by atoms with Gasteiger partial charge in [-0.2, -0.15) is 0 Å². The molecule has 0 atom stereocenters. The zero-order valence-electron chi connectivity index (χ0n) is 13.6. The molecule has 4 rings (SSSR count). The van der Waals surface area contributed by atoms with Crippen LogP contribution in [-0.4, -0.2) is 26.1 Å². The number of hydrogen-bond acceptors (Lipinski definition) is 5. The van der Waals surface area contributed by atoms with Gasteiger partial charge in [0, 0.05) is 30.1 Å². The number of para-hydroxylation sites is 2. The van der Waals surface area contributed by atoms with Crippen LogP contribution >= 0.6 is 11.8 Å². The van der Waals surface area contributed by atoms with Gasteiger partial charge in [0.15, 0.2) is 5.16 Å². The fraction of sp³-hybridized carbons (Fsp3) is 0.111.